The molecule has 1 N–H and O–H groups in total. The molecule has 7 nitrogen and oxygen atoms in total. The Kier molecular flexibility index (Phi) is 7.39. The van der Waals surface area contributed by atoms with Crippen LogP contribution in [0.5, 0.6) is 11.5 Å². The molecule has 0 bridgehead atoms. The van der Waals surface area contributed by atoms with E-state index in [0.717, 1.165) is 35.9 Å². The van der Waals surface area contributed by atoms with E-state index in [1.807, 2.05) is 36.0 Å². The van der Waals surface area contributed by atoms with Crippen LogP contribution in [-0.4, -0.2) is 49.1 Å². The molecular formula is C20H24N2O5S. The number of ether oxygens (including phenoxy) is 2. The third kappa shape index (κ3) is 6.03. The number of benzene rings is 1. The van der Waals surface area contributed by atoms with Gasteiger partial charge in [0.2, 0.25) is 11.2 Å². The van der Waals surface area contributed by atoms with Crippen molar-refractivity contribution in [1.29, 1.82) is 0 Å². The molecule has 1 aliphatic heterocycles. The molecule has 1 aromatic heterocycles. The standard InChI is InChI=1S/C20H24N2O5S/c1-25-16-4-2-15(3-5-16)11-21-20(24)14-27-19-13-26-17(10-18(19)23)12-22-6-8-28-9-7-22/h2-5,10,13H,6-9,11-12,14H2,1H3,(H,21,24). The predicted octanol–water partition coefficient (Wildman–Crippen LogP) is 1.89. The third-order valence-electron chi connectivity index (χ3n) is 4.34. The van der Waals surface area contributed by atoms with Crippen LogP contribution < -0.4 is 20.2 Å². The molecule has 1 saturated heterocycles. The first-order chi connectivity index (χ1) is 13.6. The van der Waals surface area contributed by atoms with Gasteiger partial charge in [-0.2, -0.15) is 11.8 Å². The fourth-order valence-electron chi connectivity index (χ4n) is 2.74. The number of methoxy groups -OCH3 is 1. The van der Waals surface area contributed by atoms with Gasteiger partial charge in [0.05, 0.1) is 13.7 Å². The summed E-state index contributed by atoms with van der Waals surface area (Å²) in [5.74, 6) is 3.28. The van der Waals surface area contributed by atoms with E-state index in [1.54, 1.807) is 7.11 Å². The number of carbonyl (C=O) groups is 1. The lowest BCUT2D eigenvalue weighted by Crippen LogP contribution is -2.32. The van der Waals surface area contributed by atoms with Crippen LogP contribution in [0.1, 0.15) is 11.3 Å². The average molecular weight is 404 g/mol. The minimum absolute atomic E-state index is 0.0394. The van der Waals surface area contributed by atoms with Crippen molar-refractivity contribution in [3.63, 3.8) is 0 Å². The van der Waals surface area contributed by atoms with E-state index in [9.17, 15) is 9.59 Å². The normalized spacial score (nSPS) is 14.5. The molecule has 0 radical (unpaired) electrons. The maximum absolute atomic E-state index is 12.2. The quantitative estimate of drug-likeness (QED) is 0.720. The van der Waals surface area contributed by atoms with Crippen molar-refractivity contribution in [3.05, 3.63) is 58.1 Å². The summed E-state index contributed by atoms with van der Waals surface area (Å²) in [6, 6.07) is 8.83. The van der Waals surface area contributed by atoms with Crippen LogP contribution in [0.4, 0.5) is 0 Å². The number of nitrogens with zero attached hydrogens (tertiary/aromatic N) is 1. The SMILES string of the molecule is COc1ccc(CNC(=O)COc2coc(CN3CCSCC3)cc2=O)cc1. The van der Waals surface area contributed by atoms with E-state index in [1.165, 1.54) is 12.3 Å². The summed E-state index contributed by atoms with van der Waals surface area (Å²) >= 11 is 1.93. The van der Waals surface area contributed by atoms with Crippen molar-refractivity contribution < 1.29 is 18.7 Å². The molecule has 2 heterocycles. The zero-order valence-electron chi connectivity index (χ0n) is 15.8. The second-order valence-electron chi connectivity index (χ2n) is 6.38. The zero-order valence-corrected chi connectivity index (χ0v) is 16.6. The van der Waals surface area contributed by atoms with Crippen LogP contribution in [-0.2, 0) is 17.9 Å². The molecule has 0 spiro atoms. The first-order valence-corrected chi connectivity index (χ1v) is 10.2. The number of hydrogen-bond donors (Lipinski definition) is 1. The number of thioether (sulfide) groups is 1. The largest absolute Gasteiger partial charge is 0.497 e. The lowest BCUT2D eigenvalue weighted by Gasteiger charge is -2.25. The summed E-state index contributed by atoms with van der Waals surface area (Å²) in [6.07, 6.45) is 1.28. The minimum atomic E-state index is -0.315. The maximum Gasteiger partial charge on any atom is 0.258 e. The highest BCUT2D eigenvalue weighted by atomic mass is 32.2. The van der Waals surface area contributed by atoms with Gasteiger partial charge in [-0.05, 0) is 17.7 Å². The number of rotatable bonds is 8. The number of nitrogens with one attached hydrogen (secondary N) is 1. The van der Waals surface area contributed by atoms with Crippen LogP contribution in [0.2, 0.25) is 0 Å². The smallest absolute Gasteiger partial charge is 0.258 e. The Morgan fingerprint density at radius 1 is 1.25 bits per heavy atom. The molecule has 1 aromatic carbocycles. The van der Waals surface area contributed by atoms with Gasteiger partial charge in [-0.1, -0.05) is 12.1 Å². The van der Waals surface area contributed by atoms with Crippen molar-refractivity contribution >= 4 is 17.7 Å². The average Bonchev–Trinajstić information content (AvgIpc) is 2.73. The molecule has 0 atom stereocenters. The van der Waals surface area contributed by atoms with Crippen molar-refractivity contribution in [3.8, 4) is 11.5 Å². The van der Waals surface area contributed by atoms with Crippen LogP contribution in [0.25, 0.3) is 0 Å². The van der Waals surface area contributed by atoms with Gasteiger partial charge >= 0.3 is 0 Å². The van der Waals surface area contributed by atoms with E-state index < -0.39 is 0 Å². The Morgan fingerprint density at radius 3 is 2.68 bits per heavy atom. The Labute approximate surface area is 168 Å². The molecule has 1 amide bonds. The monoisotopic (exact) mass is 404 g/mol. The van der Waals surface area contributed by atoms with Crippen LogP contribution in [0.3, 0.4) is 0 Å². The van der Waals surface area contributed by atoms with Gasteiger partial charge in [0.15, 0.2) is 6.61 Å². The van der Waals surface area contributed by atoms with Crippen molar-refractivity contribution in [2.75, 3.05) is 38.3 Å². The molecule has 28 heavy (non-hydrogen) atoms. The van der Waals surface area contributed by atoms with Crippen molar-refractivity contribution in [1.82, 2.24) is 10.2 Å². The Bertz CT molecular complexity index is 831. The number of amides is 1. The molecule has 0 aliphatic carbocycles. The number of carbonyl (C=O) groups excluding carboxylic acids is 1. The molecule has 0 unspecified atom stereocenters. The number of hydrogen-bond acceptors (Lipinski definition) is 7. The van der Waals surface area contributed by atoms with Gasteiger partial charge in [-0.3, -0.25) is 14.5 Å². The molecule has 1 aliphatic rings. The summed E-state index contributed by atoms with van der Waals surface area (Å²) in [5.41, 5.74) is 0.657. The second-order valence-corrected chi connectivity index (χ2v) is 7.60. The van der Waals surface area contributed by atoms with Gasteiger partial charge < -0.3 is 19.2 Å². The van der Waals surface area contributed by atoms with Crippen LogP contribution >= 0.6 is 11.8 Å². The van der Waals surface area contributed by atoms with E-state index in [0.29, 0.717) is 18.8 Å². The fraction of sp³-hybridized carbons (Fsp3) is 0.400. The molecule has 150 valence electrons. The Morgan fingerprint density at radius 2 is 2.00 bits per heavy atom. The lowest BCUT2D eigenvalue weighted by molar-refractivity contribution is -0.123. The summed E-state index contributed by atoms with van der Waals surface area (Å²) in [4.78, 5) is 26.4. The predicted molar refractivity (Wildman–Crippen MR) is 108 cm³/mol. The molecule has 3 rings (SSSR count). The molecule has 1 fully saturated rings. The van der Waals surface area contributed by atoms with Gasteiger partial charge in [-0.25, -0.2) is 0 Å². The van der Waals surface area contributed by atoms with E-state index in [-0.39, 0.29) is 23.7 Å². The van der Waals surface area contributed by atoms with Crippen molar-refractivity contribution in [2.24, 2.45) is 0 Å². The minimum Gasteiger partial charge on any atom is -0.497 e. The fourth-order valence-corrected chi connectivity index (χ4v) is 3.72. The lowest BCUT2D eigenvalue weighted by atomic mass is 10.2. The Balaban J connectivity index is 1.45. The maximum atomic E-state index is 12.2. The highest BCUT2D eigenvalue weighted by Gasteiger charge is 2.13. The molecule has 2 aromatic rings. The van der Waals surface area contributed by atoms with Gasteiger partial charge in [-0.15, -0.1) is 0 Å². The molecule has 8 heteroatoms. The van der Waals surface area contributed by atoms with Gasteiger partial charge in [0.1, 0.15) is 17.8 Å². The first kappa shape index (κ1) is 20.3. The summed E-state index contributed by atoms with van der Waals surface area (Å²) < 4.78 is 15.9. The van der Waals surface area contributed by atoms with E-state index in [2.05, 4.69) is 10.2 Å². The molecule has 0 saturated carbocycles. The highest BCUT2D eigenvalue weighted by molar-refractivity contribution is 7.99. The van der Waals surface area contributed by atoms with Gasteiger partial charge in [0, 0.05) is 37.2 Å². The Hall–Kier alpha value is -2.45. The van der Waals surface area contributed by atoms with E-state index in [4.69, 9.17) is 13.9 Å². The second kappa shape index (κ2) is 10.2. The van der Waals surface area contributed by atoms with Gasteiger partial charge in [0.25, 0.3) is 5.91 Å². The summed E-state index contributed by atoms with van der Waals surface area (Å²) in [5, 5.41) is 2.75. The molecular weight excluding hydrogens is 380 g/mol. The van der Waals surface area contributed by atoms with Crippen molar-refractivity contribution in [2.45, 2.75) is 13.1 Å². The van der Waals surface area contributed by atoms with E-state index >= 15 is 0 Å². The summed E-state index contributed by atoms with van der Waals surface area (Å²) in [7, 11) is 1.60. The zero-order chi connectivity index (χ0) is 19.8. The summed E-state index contributed by atoms with van der Waals surface area (Å²) in [6.45, 7) is 2.71. The highest BCUT2D eigenvalue weighted by Crippen LogP contribution is 2.14. The van der Waals surface area contributed by atoms with Crippen LogP contribution in [0, 0.1) is 0 Å². The topological polar surface area (TPSA) is 81.0 Å². The third-order valence-corrected chi connectivity index (χ3v) is 5.29. The van der Waals surface area contributed by atoms with Crippen LogP contribution in [0.15, 0.2) is 45.8 Å². The first-order valence-electron chi connectivity index (χ1n) is 9.08.